The van der Waals surface area contributed by atoms with Crippen LogP contribution in [0.4, 0.5) is 0 Å². The molecule has 0 saturated carbocycles. The van der Waals surface area contributed by atoms with E-state index in [-0.39, 0.29) is 17.4 Å². The van der Waals surface area contributed by atoms with Gasteiger partial charge >= 0.3 is 5.97 Å². The van der Waals surface area contributed by atoms with E-state index in [1.807, 2.05) is 5.38 Å². The molecular formula is C20H26N2O4S. The lowest BCUT2D eigenvalue weighted by atomic mass is 10.0. The van der Waals surface area contributed by atoms with Crippen LogP contribution in [0.1, 0.15) is 55.8 Å². The first-order chi connectivity index (χ1) is 13.0. The van der Waals surface area contributed by atoms with Crippen molar-refractivity contribution in [2.75, 3.05) is 7.05 Å². The highest BCUT2D eigenvalue weighted by Crippen LogP contribution is 2.36. The molecule has 2 bridgehead atoms. The summed E-state index contributed by atoms with van der Waals surface area (Å²) in [5.41, 5.74) is -0.667. The molecule has 2 aliphatic rings. The second-order valence-corrected chi connectivity index (χ2v) is 8.62. The van der Waals surface area contributed by atoms with Crippen LogP contribution in [0.15, 0.2) is 16.2 Å². The van der Waals surface area contributed by atoms with Gasteiger partial charge in [0.1, 0.15) is 16.7 Å². The molecule has 4 rings (SSSR count). The van der Waals surface area contributed by atoms with Crippen LogP contribution in [-0.2, 0) is 11.3 Å². The van der Waals surface area contributed by atoms with E-state index in [0.29, 0.717) is 28.8 Å². The number of fused-ring (bicyclic) bond motifs is 3. The molecule has 4 heterocycles. The number of ether oxygens (including phenoxy) is 1. The van der Waals surface area contributed by atoms with Gasteiger partial charge in [-0.1, -0.05) is 13.3 Å². The van der Waals surface area contributed by atoms with Crippen molar-refractivity contribution in [2.45, 2.75) is 70.2 Å². The van der Waals surface area contributed by atoms with Crippen molar-refractivity contribution in [2.24, 2.45) is 0 Å². The van der Waals surface area contributed by atoms with Crippen molar-refractivity contribution in [1.82, 2.24) is 9.47 Å². The van der Waals surface area contributed by atoms with Crippen LogP contribution in [-0.4, -0.2) is 45.8 Å². The molecule has 0 aliphatic carbocycles. The molecule has 0 amide bonds. The first kappa shape index (κ1) is 18.5. The zero-order valence-electron chi connectivity index (χ0n) is 15.8. The first-order valence-electron chi connectivity index (χ1n) is 9.77. The van der Waals surface area contributed by atoms with E-state index in [1.54, 1.807) is 10.6 Å². The zero-order chi connectivity index (χ0) is 19.1. The molecule has 27 heavy (non-hydrogen) atoms. The number of hydrogen-bond donors (Lipinski definition) is 1. The van der Waals surface area contributed by atoms with Gasteiger partial charge in [0.15, 0.2) is 5.56 Å². The number of aromatic hydroxyl groups is 1. The lowest BCUT2D eigenvalue weighted by Gasteiger charge is -2.35. The van der Waals surface area contributed by atoms with E-state index in [1.165, 1.54) is 11.3 Å². The average molecular weight is 391 g/mol. The number of nitrogens with zero attached hydrogens (tertiary/aromatic N) is 2. The molecule has 6 nitrogen and oxygen atoms in total. The van der Waals surface area contributed by atoms with Gasteiger partial charge in [-0.3, -0.25) is 9.36 Å². The van der Waals surface area contributed by atoms with E-state index in [9.17, 15) is 14.7 Å². The lowest BCUT2D eigenvalue weighted by Crippen LogP contribution is -2.43. The molecule has 2 unspecified atom stereocenters. The molecule has 2 aromatic heterocycles. The van der Waals surface area contributed by atoms with Crippen LogP contribution in [0.25, 0.3) is 10.2 Å². The summed E-state index contributed by atoms with van der Waals surface area (Å²) in [6.45, 7) is 2.59. The predicted molar refractivity (Wildman–Crippen MR) is 106 cm³/mol. The SMILES string of the molecule is CCCCn1c(=O)c(C(=O)OC2CC3CCC(C2)N3C)c(O)c2ccsc21. The van der Waals surface area contributed by atoms with E-state index in [2.05, 4.69) is 18.9 Å². The molecule has 2 aliphatic heterocycles. The lowest BCUT2D eigenvalue weighted by molar-refractivity contribution is -0.000858. The molecule has 146 valence electrons. The van der Waals surface area contributed by atoms with E-state index in [0.717, 1.165) is 38.5 Å². The van der Waals surface area contributed by atoms with Crippen LogP contribution in [0.5, 0.6) is 5.75 Å². The van der Waals surface area contributed by atoms with E-state index < -0.39 is 11.5 Å². The summed E-state index contributed by atoms with van der Waals surface area (Å²) in [5.74, 6) is -0.935. The Bertz CT molecular complexity index is 905. The van der Waals surface area contributed by atoms with Gasteiger partial charge in [0, 0.05) is 31.5 Å². The quantitative estimate of drug-likeness (QED) is 0.793. The normalized spacial score (nSPS) is 25.2. The van der Waals surface area contributed by atoms with Gasteiger partial charge < -0.3 is 14.7 Å². The second kappa shape index (κ2) is 7.28. The number of piperidine rings is 1. The standard InChI is InChI=1S/C20H26N2O4S/c1-3-4-8-22-18(24)16(17(23)15-7-9-27-19(15)22)20(25)26-14-10-12-5-6-13(11-14)21(12)2/h7,9,12-14,23H,3-6,8,10-11H2,1-2H3. The van der Waals surface area contributed by atoms with Crippen LogP contribution in [0, 0.1) is 0 Å². The fourth-order valence-corrected chi connectivity index (χ4v) is 5.45. The van der Waals surface area contributed by atoms with Crippen molar-refractivity contribution in [1.29, 1.82) is 0 Å². The summed E-state index contributed by atoms with van der Waals surface area (Å²) >= 11 is 1.40. The maximum absolute atomic E-state index is 13.0. The third kappa shape index (κ3) is 3.17. The highest BCUT2D eigenvalue weighted by atomic mass is 32.1. The molecular weight excluding hydrogens is 364 g/mol. The molecule has 2 saturated heterocycles. The van der Waals surface area contributed by atoms with Crippen molar-refractivity contribution in [3.05, 3.63) is 27.4 Å². The maximum Gasteiger partial charge on any atom is 0.347 e. The van der Waals surface area contributed by atoms with Crippen molar-refractivity contribution < 1.29 is 14.6 Å². The number of pyridine rings is 1. The molecule has 2 atom stereocenters. The monoisotopic (exact) mass is 390 g/mol. The number of carbonyl (C=O) groups excluding carboxylic acids is 1. The average Bonchev–Trinajstić information content (AvgIpc) is 3.18. The van der Waals surface area contributed by atoms with Gasteiger partial charge in [-0.05, 0) is 37.8 Å². The number of rotatable bonds is 5. The maximum atomic E-state index is 13.0. The molecule has 0 aromatic carbocycles. The summed E-state index contributed by atoms with van der Waals surface area (Å²) in [5, 5.41) is 13.0. The van der Waals surface area contributed by atoms with Gasteiger partial charge in [0.2, 0.25) is 0 Å². The van der Waals surface area contributed by atoms with Crippen LogP contribution < -0.4 is 5.56 Å². The van der Waals surface area contributed by atoms with Gasteiger partial charge in [-0.15, -0.1) is 11.3 Å². The number of thiophene rings is 1. The van der Waals surface area contributed by atoms with Crippen LogP contribution in [0.2, 0.25) is 0 Å². The van der Waals surface area contributed by atoms with Crippen LogP contribution >= 0.6 is 11.3 Å². The number of aromatic nitrogens is 1. The van der Waals surface area contributed by atoms with Crippen molar-refractivity contribution in [3.8, 4) is 5.75 Å². The summed E-state index contributed by atoms with van der Waals surface area (Å²) in [4.78, 5) is 28.9. The smallest absolute Gasteiger partial charge is 0.347 e. The van der Waals surface area contributed by atoms with Crippen molar-refractivity contribution >= 4 is 27.5 Å². The van der Waals surface area contributed by atoms with E-state index in [4.69, 9.17) is 4.74 Å². The molecule has 1 N–H and O–H groups in total. The number of hydrogen-bond acceptors (Lipinski definition) is 6. The summed E-state index contributed by atoms with van der Waals surface area (Å²) in [7, 11) is 2.13. The van der Waals surface area contributed by atoms with Crippen molar-refractivity contribution in [3.63, 3.8) is 0 Å². The Balaban J connectivity index is 1.64. The topological polar surface area (TPSA) is 71.8 Å². The Kier molecular flexibility index (Phi) is 4.99. The minimum atomic E-state index is -0.690. The number of carbonyl (C=O) groups is 1. The highest BCUT2D eigenvalue weighted by Gasteiger charge is 2.40. The van der Waals surface area contributed by atoms with Gasteiger partial charge in [0.05, 0.1) is 5.39 Å². The molecule has 0 spiro atoms. The predicted octanol–water partition coefficient (Wildman–Crippen LogP) is 3.35. The third-order valence-corrected chi connectivity index (χ3v) is 7.04. The molecule has 2 fully saturated rings. The first-order valence-corrected chi connectivity index (χ1v) is 10.6. The summed E-state index contributed by atoms with van der Waals surface area (Å²) in [6.07, 6.45) is 5.44. The largest absolute Gasteiger partial charge is 0.506 e. The third-order valence-electron chi connectivity index (χ3n) is 6.11. The number of aryl methyl sites for hydroxylation is 1. The second-order valence-electron chi connectivity index (χ2n) is 7.72. The molecule has 0 radical (unpaired) electrons. The zero-order valence-corrected chi connectivity index (χ0v) is 16.6. The summed E-state index contributed by atoms with van der Waals surface area (Å²) < 4.78 is 7.33. The van der Waals surface area contributed by atoms with E-state index >= 15 is 0 Å². The Morgan fingerprint density at radius 3 is 2.70 bits per heavy atom. The Morgan fingerprint density at radius 1 is 1.33 bits per heavy atom. The fraction of sp³-hybridized carbons (Fsp3) is 0.600. The minimum Gasteiger partial charge on any atom is -0.506 e. The fourth-order valence-electron chi connectivity index (χ4n) is 4.53. The van der Waals surface area contributed by atoms with Gasteiger partial charge in [0.25, 0.3) is 5.56 Å². The minimum absolute atomic E-state index is 0.188. The van der Waals surface area contributed by atoms with Gasteiger partial charge in [-0.2, -0.15) is 0 Å². The molecule has 2 aromatic rings. The van der Waals surface area contributed by atoms with Crippen LogP contribution in [0.3, 0.4) is 0 Å². The summed E-state index contributed by atoms with van der Waals surface area (Å²) in [6, 6.07) is 2.63. The Hall–Kier alpha value is -1.86. The Morgan fingerprint density at radius 2 is 2.04 bits per heavy atom. The Labute approximate surface area is 162 Å². The van der Waals surface area contributed by atoms with Gasteiger partial charge in [-0.25, -0.2) is 4.79 Å². The number of unbranched alkanes of at least 4 members (excludes halogenated alkanes) is 1. The molecule has 7 heteroatoms. The highest BCUT2D eigenvalue weighted by molar-refractivity contribution is 7.16. The number of esters is 1.